The molecular formula is C23H20N4O4S. The second-order valence-electron chi connectivity index (χ2n) is 7.74. The van der Waals surface area contributed by atoms with Crippen LogP contribution in [0.25, 0.3) is 16.7 Å². The maximum absolute atomic E-state index is 12.8. The second-order valence-corrected chi connectivity index (χ2v) is 9.43. The number of pyridine rings is 1. The van der Waals surface area contributed by atoms with E-state index >= 15 is 0 Å². The van der Waals surface area contributed by atoms with Gasteiger partial charge in [-0.15, -0.1) is 0 Å². The van der Waals surface area contributed by atoms with Crippen LogP contribution >= 0.6 is 0 Å². The van der Waals surface area contributed by atoms with Gasteiger partial charge in [-0.05, 0) is 73.2 Å². The number of aromatic amines is 1. The van der Waals surface area contributed by atoms with E-state index in [0.29, 0.717) is 16.7 Å². The minimum absolute atomic E-state index is 0.0239. The van der Waals surface area contributed by atoms with E-state index in [1.54, 1.807) is 18.2 Å². The van der Waals surface area contributed by atoms with Crippen molar-refractivity contribution in [1.29, 1.82) is 0 Å². The van der Waals surface area contributed by atoms with Crippen molar-refractivity contribution in [3.05, 3.63) is 92.8 Å². The maximum atomic E-state index is 12.8. The molecular weight excluding hydrogens is 428 g/mol. The Morgan fingerprint density at radius 2 is 1.84 bits per heavy atom. The van der Waals surface area contributed by atoms with Crippen LogP contribution in [0.15, 0.2) is 75.4 Å². The first-order valence-corrected chi connectivity index (χ1v) is 11.8. The fourth-order valence-corrected chi connectivity index (χ4v) is 5.22. The molecule has 4 aromatic rings. The summed E-state index contributed by atoms with van der Waals surface area (Å²) in [6, 6.07) is 13.2. The third-order valence-corrected chi connectivity index (χ3v) is 7.06. The van der Waals surface area contributed by atoms with E-state index in [-0.39, 0.29) is 10.6 Å². The van der Waals surface area contributed by atoms with Gasteiger partial charge in [-0.2, -0.15) is 0 Å². The van der Waals surface area contributed by atoms with E-state index in [1.165, 1.54) is 40.7 Å². The van der Waals surface area contributed by atoms with Gasteiger partial charge in [-0.1, -0.05) is 12.1 Å². The van der Waals surface area contributed by atoms with Crippen LogP contribution in [-0.4, -0.2) is 23.0 Å². The number of aryl methyl sites for hydroxylation is 2. The van der Waals surface area contributed by atoms with Crippen molar-refractivity contribution in [2.45, 2.75) is 30.6 Å². The fourth-order valence-electron chi connectivity index (χ4n) is 4.20. The van der Waals surface area contributed by atoms with Gasteiger partial charge in [0.2, 0.25) is 0 Å². The summed E-state index contributed by atoms with van der Waals surface area (Å²) in [7, 11) is -3.85. The Morgan fingerprint density at radius 1 is 1.00 bits per heavy atom. The first-order chi connectivity index (χ1) is 15.4. The van der Waals surface area contributed by atoms with E-state index in [9.17, 15) is 18.0 Å². The molecule has 0 spiro atoms. The lowest BCUT2D eigenvalue weighted by atomic mass is 9.90. The van der Waals surface area contributed by atoms with E-state index in [1.807, 2.05) is 12.1 Å². The van der Waals surface area contributed by atoms with Crippen molar-refractivity contribution in [2.75, 3.05) is 4.72 Å². The number of benzene rings is 2. The zero-order chi connectivity index (χ0) is 22.3. The van der Waals surface area contributed by atoms with Crippen molar-refractivity contribution in [1.82, 2.24) is 14.5 Å². The van der Waals surface area contributed by atoms with Gasteiger partial charge < -0.3 is 4.98 Å². The molecule has 8 nitrogen and oxygen atoms in total. The minimum Gasteiger partial charge on any atom is -0.316 e. The molecule has 0 amide bonds. The molecule has 0 aliphatic heterocycles. The molecule has 1 aliphatic carbocycles. The standard InChI is InChI=1S/C23H20N4O4S/c28-22-23(29)27(20-11-10-15-5-1-2-9-19(15)21(20)25-22)17-7-3-6-16(13-17)26-32(30,31)18-8-4-12-24-14-18/h3-4,6-8,10-14,26H,1-2,5,9H2,(H,25,28). The summed E-state index contributed by atoms with van der Waals surface area (Å²) in [4.78, 5) is 32.0. The number of hydrogen-bond donors (Lipinski definition) is 2. The van der Waals surface area contributed by atoms with Gasteiger partial charge in [0.05, 0.1) is 22.4 Å². The van der Waals surface area contributed by atoms with Crippen molar-refractivity contribution in [3.63, 3.8) is 0 Å². The van der Waals surface area contributed by atoms with Crippen LogP contribution < -0.4 is 15.8 Å². The van der Waals surface area contributed by atoms with Crippen LogP contribution in [0.2, 0.25) is 0 Å². The zero-order valence-corrected chi connectivity index (χ0v) is 17.9. The molecule has 2 aromatic heterocycles. The quantitative estimate of drug-likeness (QED) is 0.466. The summed E-state index contributed by atoms with van der Waals surface area (Å²) in [5.41, 5.74) is 2.72. The Labute approximate surface area is 183 Å². The van der Waals surface area contributed by atoms with Gasteiger partial charge in [0, 0.05) is 12.4 Å². The van der Waals surface area contributed by atoms with E-state index in [0.717, 1.165) is 31.2 Å². The van der Waals surface area contributed by atoms with Gasteiger partial charge in [-0.25, -0.2) is 8.42 Å². The Bertz CT molecular complexity index is 1560. The molecule has 0 saturated carbocycles. The lowest BCUT2D eigenvalue weighted by Gasteiger charge is -2.19. The molecule has 0 unspecified atom stereocenters. The molecule has 0 saturated heterocycles. The largest absolute Gasteiger partial charge is 0.321 e. The molecule has 9 heteroatoms. The number of nitrogens with one attached hydrogen (secondary N) is 2. The van der Waals surface area contributed by atoms with Crippen LogP contribution in [0.3, 0.4) is 0 Å². The Hall–Kier alpha value is -3.72. The smallest absolute Gasteiger partial charge is 0.316 e. The minimum atomic E-state index is -3.85. The zero-order valence-electron chi connectivity index (χ0n) is 17.0. The molecule has 2 N–H and O–H groups in total. The number of aromatic nitrogens is 3. The average Bonchev–Trinajstić information content (AvgIpc) is 2.80. The highest BCUT2D eigenvalue weighted by Gasteiger charge is 2.18. The van der Waals surface area contributed by atoms with Gasteiger partial charge in [0.1, 0.15) is 4.90 Å². The maximum Gasteiger partial charge on any atom is 0.321 e. The predicted molar refractivity (Wildman–Crippen MR) is 122 cm³/mol. The third kappa shape index (κ3) is 3.50. The predicted octanol–water partition coefficient (Wildman–Crippen LogP) is 2.75. The Morgan fingerprint density at radius 3 is 2.66 bits per heavy atom. The number of sulfonamides is 1. The van der Waals surface area contributed by atoms with Gasteiger partial charge >= 0.3 is 11.1 Å². The fraction of sp³-hybridized carbons (Fsp3) is 0.174. The first kappa shape index (κ1) is 20.2. The number of nitrogens with zero attached hydrogens (tertiary/aromatic N) is 2. The summed E-state index contributed by atoms with van der Waals surface area (Å²) in [5, 5.41) is 0. The number of rotatable bonds is 4. The van der Waals surface area contributed by atoms with Crippen LogP contribution in [0.4, 0.5) is 5.69 Å². The monoisotopic (exact) mass is 448 g/mol. The Balaban J connectivity index is 1.65. The Kier molecular flexibility index (Phi) is 4.90. The molecule has 5 rings (SSSR count). The molecule has 0 bridgehead atoms. The molecule has 32 heavy (non-hydrogen) atoms. The summed E-state index contributed by atoms with van der Waals surface area (Å²) in [5.74, 6) is 0. The lowest BCUT2D eigenvalue weighted by Crippen LogP contribution is -2.36. The van der Waals surface area contributed by atoms with E-state index in [2.05, 4.69) is 14.7 Å². The lowest BCUT2D eigenvalue weighted by molar-refractivity contribution is 0.601. The van der Waals surface area contributed by atoms with Crippen molar-refractivity contribution < 1.29 is 8.42 Å². The SMILES string of the molecule is O=c1[nH]c2c3c(ccc2n(-c2cccc(NS(=O)(=O)c4cccnc4)c2)c1=O)CCCC3. The van der Waals surface area contributed by atoms with Gasteiger partial charge in [0.25, 0.3) is 10.0 Å². The summed E-state index contributed by atoms with van der Waals surface area (Å²) in [6.07, 6.45) is 6.65. The van der Waals surface area contributed by atoms with E-state index < -0.39 is 21.1 Å². The van der Waals surface area contributed by atoms with Gasteiger partial charge in [0.15, 0.2) is 0 Å². The highest BCUT2D eigenvalue weighted by atomic mass is 32.2. The molecule has 1 aliphatic rings. The molecule has 0 fully saturated rings. The molecule has 0 atom stereocenters. The number of hydrogen-bond acceptors (Lipinski definition) is 5. The van der Waals surface area contributed by atoms with Crippen molar-refractivity contribution in [3.8, 4) is 5.69 Å². The summed E-state index contributed by atoms with van der Waals surface area (Å²) >= 11 is 0. The molecule has 0 radical (unpaired) electrons. The summed E-state index contributed by atoms with van der Waals surface area (Å²) < 4.78 is 29.2. The third-order valence-electron chi connectivity index (χ3n) is 5.69. The number of H-pyrrole nitrogens is 1. The van der Waals surface area contributed by atoms with Crippen LogP contribution in [0.1, 0.15) is 24.0 Å². The molecule has 2 heterocycles. The highest BCUT2D eigenvalue weighted by Crippen LogP contribution is 2.28. The topological polar surface area (TPSA) is 114 Å². The first-order valence-electron chi connectivity index (χ1n) is 10.3. The van der Waals surface area contributed by atoms with Crippen molar-refractivity contribution in [2.24, 2.45) is 0 Å². The second kappa shape index (κ2) is 7.76. The number of anilines is 1. The molecule has 162 valence electrons. The van der Waals surface area contributed by atoms with Crippen LogP contribution in [-0.2, 0) is 22.9 Å². The van der Waals surface area contributed by atoms with Gasteiger partial charge in [-0.3, -0.25) is 23.9 Å². The van der Waals surface area contributed by atoms with Crippen molar-refractivity contribution >= 4 is 26.7 Å². The average molecular weight is 449 g/mol. The van der Waals surface area contributed by atoms with Crippen LogP contribution in [0.5, 0.6) is 0 Å². The van der Waals surface area contributed by atoms with E-state index in [4.69, 9.17) is 0 Å². The summed E-state index contributed by atoms with van der Waals surface area (Å²) in [6.45, 7) is 0. The normalized spacial score (nSPS) is 13.6. The highest BCUT2D eigenvalue weighted by molar-refractivity contribution is 7.92. The number of fused-ring (bicyclic) bond motifs is 3. The van der Waals surface area contributed by atoms with Crippen LogP contribution in [0, 0.1) is 0 Å². The molecule has 2 aromatic carbocycles.